The van der Waals surface area contributed by atoms with Crippen molar-refractivity contribution >= 4 is 22.9 Å². The lowest BCUT2D eigenvalue weighted by Crippen LogP contribution is -2.21. The molecule has 2 heterocycles. The summed E-state index contributed by atoms with van der Waals surface area (Å²) in [5.41, 5.74) is 1.02. The summed E-state index contributed by atoms with van der Waals surface area (Å²) in [5, 5.41) is 9.57. The fraction of sp³-hybridized carbons (Fsp3) is 0.400. The van der Waals surface area contributed by atoms with Gasteiger partial charge in [0.1, 0.15) is 0 Å². The second-order valence-electron chi connectivity index (χ2n) is 3.27. The van der Waals surface area contributed by atoms with Gasteiger partial charge in [0.05, 0.1) is 11.7 Å². The summed E-state index contributed by atoms with van der Waals surface area (Å²) in [6, 6.07) is 4.50. The molecule has 0 aromatic carbocycles. The first kappa shape index (κ1) is 10.7. The average Bonchev–Trinajstić information content (AvgIpc) is 2.85. The number of rotatable bonds is 4. The topological polar surface area (TPSA) is 37.8 Å². The van der Waals surface area contributed by atoms with Crippen LogP contribution in [0.15, 0.2) is 17.5 Å². The Morgan fingerprint density at radius 1 is 1.47 bits per heavy atom. The second kappa shape index (κ2) is 4.83. The van der Waals surface area contributed by atoms with Gasteiger partial charge >= 0.3 is 0 Å². The highest BCUT2D eigenvalue weighted by molar-refractivity contribution is 7.12. The predicted molar refractivity (Wildman–Crippen MR) is 64.5 cm³/mol. The van der Waals surface area contributed by atoms with Gasteiger partial charge in [0.15, 0.2) is 0 Å². The van der Waals surface area contributed by atoms with E-state index in [1.54, 1.807) is 0 Å². The lowest BCUT2D eigenvalue weighted by Gasteiger charge is -2.12. The van der Waals surface area contributed by atoms with Crippen LogP contribution in [0.3, 0.4) is 0 Å². The summed E-state index contributed by atoms with van der Waals surface area (Å²) in [4.78, 5) is 2.64. The zero-order valence-corrected chi connectivity index (χ0v) is 10.4. The van der Waals surface area contributed by atoms with Gasteiger partial charge in [-0.15, -0.1) is 16.4 Å². The van der Waals surface area contributed by atoms with E-state index in [0.29, 0.717) is 0 Å². The maximum atomic E-state index is 4.13. The third-order valence-electron chi connectivity index (χ3n) is 2.13. The van der Waals surface area contributed by atoms with Crippen molar-refractivity contribution < 1.29 is 0 Å². The van der Waals surface area contributed by atoms with Gasteiger partial charge in [-0.2, -0.15) is 0 Å². The van der Waals surface area contributed by atoms with Gasteiger partial charge in [-0.1, -0.05) is 11.4 Å². The highest BCUT2D eigenvalue weighted by Crippen LogP contribution is 2.27. The molecule has 0 aliphatic rings. The molecule has 2 aromatic rings. The molecule has 1 unspecified atom stereocenters. The molecule has 1 atom stereocenters. The molecule has 0 bridgehead atoms. The average molecular weight is 239 g/mol. The Kier molecular flexibility index (Phi) is 3.45. The summed E-state index contributed by atoms with van der Waals surface area (Å²) >= 11 is 3.21. The van der Waals surface area contributed by atoms with Gasteiger partial charge in [-0.25, -0.2) is 0 Å². The number of aromatic nitrogens is 2. The maximum Gasteiger partial charge on any atom is 0.0978 e. The summed E-state index contributed by atoms with van der Waals surface area (Å²) < 4.78 is 3.91. The normalized spacial score (nSPS) is 12.9. The van der Waals surface area contributed by atoms with Gasteiger partial charge in [0.2, 0.25) is 0 Å². The summed E-state index contributed by atoms with van der Waals surface area (Å²) in [5.74, 6) is 0. The van der Waals surface area contributed by atoms with E-state index in [0.717, 1.165) is 12.2 Å². The summed E-state index contributed by atoms with van der Waals surface area (Å²) in [6.45, 7) is 5.16. The van der Waals surface area contributed by atoms with Crippen LogP contribution in [-0.2, 0) is 0 Å². The second-order valence-corrected chi connectivity index (χ2v) is 5.20. The molecule has 3 nitrogen and oxygen atoms in total. The van der Waals surface area contributed by atoms with Crippen molar-refractivity contribution in [2.75, 3.05) is 6.54 Å². The van der Waals surface area contributed by atoms with Crippen molar-refractivity contribution in [2.24, 2.45) is 0 Å². The summed E-state index contributed by atoms with van der Waals surface area (Å²) in [7, 11) is 0. The standard InChI is InChI=1S/C10H13N3S2/c1-3-11-10(8-6-14-13-12-8)9-5-4-7(2)15-9/h4-6,10-11H,3H2,1-2H3. The Morgan fingerprint density at radius 3 is 2.87 bits per heavy atom. The molecule has 2 rings (SSSR count). The van der Waals surface area contributed by atoms with Crippen LogP contribution in [0.1, 0.15) is 28.4 Å². The van der Waals surface area contributed by atoms with Crippen molar-refractivity contribution in [3.63, 3.8) is 0 Å². The third kappa shape index (κ3) is 2.42. The Hall–Kier alpha value is -0.780. The quantitative estimate of drug-likeness (QED) is 0.891. The molecular formula is C10H13N3S2. The molecule has 15 heavy (non-hydrogen) atoms. The predicted octanol–water partition coefficient (Wildman–Crippen LogP) is 2.61. The molecule has 1 N–H and O–H groups in total. The first-order valence-corrected chi connectivity index (χ1v) is 6.53. The molecule has 0 saturated heterocycles. The van der Waals surface area contributed by atoms with Crippen LogP contribution in [0.4, 0.5) is 0 Å². The van der Waals surface area contributed by atoms with Crippen molar-refractivity contribution in [3.05, 3.63) is 33.0 Å². The van der Waals surface area contributed by atoms with Crippen LogP contribution in [0.2, 0.25) is 0 Å². The number of hydrogen-bond acceptors (Lipinski definition) is 5. The molecule has 0 aliphatic heterocycles. The van der Waals surface area contributed by atoms with Gasteiger partial charge < -0.3 is 5.32 Å². The van der Waals surface area contributed by atoms with Crippen molar-refractivity contribution in [1.82, 2.24) is 14.9 Å². The smallest absolute Gasteiger partial charge is 0.0978 e. The SMILES string of the molecule is CCNC(c1csnn1)c1ccc(C)s1. The highest BCUT2D eigenvalue weighted by atomic mass is 32.1. The molecule has 0 fully saturated rings. The molecule has 80 valence electrons. The first-order valence-electron chi connectivity index (χ1n) is 4.88. The Morgan fingerprint density at radius 2 is 2.33 bits per heavy atom. The minimum atomic E-state index is 0.201. The van der Waals surface area contributed by atoms with Crippen LogP contribution in [0.25, 0.3) is 0 Å². The monoisotopic (exact) mass is 239 g/mol. The summed E-state index contributed by atoms with van der Waals surface area (Å²) in [6.07, 6.45) is 0. The Labute approximate surface area is 97.3 Å². The molecule has 0 spiro atoms. The molecule has 0 amide bonds. The van der Waals surface area contributed by atoms with E-state index in [4.69, 9.17) is 0 Å². The number of thiophene rings is 1. The highest BCUT2D eigenvalue weighted by Gasteiger charge is 2.16. The van der Waals surface area contributed by atoms with Crippen molar-refractivity contribution in [2.45, 2.75) is 19.9 Å². The van der Waals surface area contributed by atoms with E-state index in [-0.39, 0.29) is 6.04 Å². The van der Waals surface area contributed by atoms with Crippen molar-refractivity contribution in [3.8, 4) is 0 Å². The molecule has 2 aromatic heterocycles. The largest absolute Gasteiger partial charge is 0.304 e. The third-order valence-corrected chi connectivity index (χ3v) is 3.71. The van der Waals surface area contributed by atoms with E-state index in [9.17, 15) is 0 Å². The minimum Gasteiger partial charge on any atom is -0.304 e. The maximum absolute atomic E-state index is 4.13. The fourth-order valence-electron chi connectivity index (χ4n) is 1.46. The van der Waals surface area contributed by atoms with Gasteiger partial charge in [0.25, 0.3) is 0 Å². The fourth-order valence-corrected chi connectivity index (χ4v) is 2.91. The first-order chi connectivity index (χ1) is 7.31. The number of nitrogens with one attached hydrogen (secondary N) is 1. The van der Waals surface area contributed by atoms with Crippen LogP contribution in [0, 0.1) is 6.92 Å². The van der Waals surface area contributed by atoms with Crippen LogP contribution < -0.4 is 5.32 Å². The Balaban J connectivity index is 2.27. The number of nitrogens with zero attached hydrogens (tertiary/aromatic N) is 2. The van der Waals surface area contributed by atoms with E-state index >= 15 is 0 Å². The van der Waals surface area contributed by atoms with E-state index in [2.05, 4.69) is 40.9 Å². The van der Waals surface area contributed by atoms with E-state index in [1.807, 2.05) is 16.7 Å². The molecule has 5 heteroatoms. The minimum absolute atomic E-state index is 0.201. The molecule has 0 saturated carbocycles. The zero-order valence-electron chi connectivity index (χ0n) is 8.73. The van der Waals surface area contributed by atoms with E-state index < -0.39 is 0 Å². The lowest BCUT2D eigenvalue weighted by molar-refractivity contribution is 0.622. The van der Waals surface area contributed by atoms with Crippen molar-refractivity contribution in [1.29, 1.82) is 0 Å². The van der Waals surface area contributed by atoms with Crippen LogP contribution in [-0.4, -0.2) is 16.1 Å². The van der Waals surface area contributed by atoms with Crippen LogP contribution >= 0.6 is 22.9 Å². The van der Waals surface area contributed by atoms with Gasteiger partial charge in [-0.3, -0.25) is 0 Å². The number of hydrogen-bond donors (Lipinski definition) is 1. The van der Waals surface area contributed by atoms with Crippen LogP contribution in [0.5, 0.6) is 0 Å². The van der Waals surface area contributed by atoms with E-state index in [1.165, 1.54) is 21.3 Å². The molecule has 0 radical (unpaired) electrons. The van der Waals surface area contributed by atoms with Gasteiger partial charge in [0, 0.05) is 15.1 Å². The van der Waals surface area contributed by atoms with Gasteiger partial charge in [-0.05, 0) is 37.1 Å². The molecule has 0 aliphatic carbocycles. The zero-order chi connectivity index (χ0) is 10.7. The lowest BCUT2D eigenvalue weighted by atomic mass is 10.2. The Bertz CT molecular complexity index is 408. The number of aryl methyl sites for hydroxylation is 1. The molecular weight excluding hydrogens is 226 g/mol.